The summed E-state index contributed by atoms with van der Waals surface area (Å²) in [4.78, 5) is 9.36. The molecule has 3 rings (SSSR count). The molecule has 0 radical (unpaired) electrons. The van der Waals surface area contributed by atoms with Crippen LogP contribution in [0.15, 0.2) is 29.3 Å². The summed E-state index contributed by atoms with van der Waals surface area (Å²) in [6.45, 7) is 10.4. The summed E-state index contributed by atoms with van der Waals surface area (Å²) in [6.07, 6.45) is 1.84. The van der Waals surface area contributed by atoms with Gasteiger partial charge in [-0.3, -0.25) is 0 Å². The Morgan fingerprint density at radius 3 is 2.80 bits per heavy atom. The molecule has 2 heterocycles. The van der Waals surface area contributed by atoms with Crippen molar-refractivity contribution in [3.8, 4) is 5.75 Å². The van der Waals surface area contributed by atoms with Crippen LogP contribution in [0.1, 0.15) is 51.7 Å². The molecule has 0 fully saturated rings. The Labute approximate surface area is 201 Å². The van der Waals surface area contributed by atoms with Crippen LogP contribution in [0, 0.1) is 0 Å². The summed E-state index contributed by atoms with van der Waals surface area (Å²) in [6, 6.07) is 7.76. The van der Waals surface area contributed by atoms with E-state index in [0.717, 1.165) is 43.5 Å². The van der Waals surface area contributed by atoms with Gasteiger partial charge in [-0.25, -0.2) is 14.7 Å². The number of aliphatic imine (C=N–C) groups is 1. The van der Waals surface area contributed by atoms with Crippen LogP contribution in [0.5, 0.6) is 5.75 Å². The van der Waals surface area contributed by atoms with E-state index in [4.69, 9.17) is 21.3 Å². The van der Waals surface area contributed by atoms with Gasteiger partial charge in [-0.05, 0) is 32.4 Å². The topological polar surface area (TPSA) is 76.4 Å². The molecule has 30 heavy (non-hydrogen) atoms. The highest BCUT2D eigenvalue weighted by Gasteiger charge is 2.23. The molecule has 7 nitrogen and oxygen atoms in total. The highest BCUT2D eigenvalue weighted by Crippen LogP contribution is 2.24. The number of hydrogen-bond donors (Lipinski definition) is 2. The van der Waals surface area contributed by atoms with Crippen molar-refractivity contribution in [3.63, 3.8) is 0 Å². The number of para-hydroxylation sites is 1. The zero-order chi connectivity index (χ0) is 20.8. The number of rotatable bonds is 7. The standard InChI is InChI=1S/C21H31ClN6O.HI/c1-5-23-21(24-12-15(4)29-18-9-7-6-8-17(18)22)25-16-10-11-19-26-20(14(2)3)27-28(19)13-16;/h6-9,14-16H,5,10-13H2,1-4H3,(H2,23,24,25);1H. The second kappa shape index (κ2) is 11.7. The van der Waals surface area contributed by atoms with E-state index in [0.29, 0.717) is 23.2 Å². The normalized spacial score (nSPS) is 17.1. The maximum atomic E-state index is 6.17. The number of benzene rings is 1. The van der Waals surface area contributed by atoms with Crippen LogP contribution < -0.4 is 15.4 Å². The van der Waals surface area contributed by atoms with E-state index >= 15 is 0 Å². The summed E-state index contributed by atoms with van der Waals surface area (Å²) in [5, 5.41) is 12.1. The van der Waals surface area contributed by atoms with Gasteiger partial charge in [0, 0.05) is 24.9 Å². The number of guanidine groups is 1. The fourth-order valence-electron chi connectivity index (χ4n) is 3.22. The molecular weight excluding hydrogens is 515 g/mol. The monoisotopic (exact) mass is 546 g/mol. The zero-order valence-electron chi connectivity index (χ0n) is 18.1. The lowest BCUT2D eigenvalue weighted by Crippen LogP contribution is -2.47. The third-order valence-corrected chi connectivity index (χ3v) is 5.06. The highest BCUT2D eigenvalue weighted by molar-refractivity contribution is 14.0. The fourth-order valence-corrected chi connectivity index (χ4v) is 3.40. The van der Waals surface area contributed by atoms with Gasteiger partial charge in [0.2, 0.25) is 0 Å². The Morgan fingerprint density at radius 1 is 1.33 bits per heavy atom. The van der Waals surface area contributed by atoms with Crippen LogP contribution in [0.4, 0.5) is 0 Å². The van der Waals surface area contributed by atoms with Gasteiger partial charge in [0.1, 0.15) is 17.7 Å². The molecule has 9 heteroatoms. The maximum absolute atomic E-state index is 6.17. The predicted molar refractivity (Wildman–Crippen MR) is 132 cm³/mol. The molecule has 1 aromatic heterocycles. The van der Waals surface area contributed by atoms with Gasteiger partial charge in [-0.1, -0.05) is 37.6 Å². The van der Waals surface area contributed by atoms with Gasteiger partial charge in [-0.2, -0.15) is 5.10 Å². The molecule has 0 aliphatic carbocycles. The van der Waals surface area contributed by atoms with Gasteiger partial charge in [0.05, 0.1) is 18.1 Å². The van der Waals surface area contributed by atoms with E-state index in [1.165, 1.54) is 0 Å². The van der Waals surface area contributed by atoms with Crippen molar-refractivity contribution in [2.24, 2.45) is 4.99 Å². The molecule has 1 aliphatic rings. The number of nitrogens with one attached hydrogen (secondary N) is 2. The van der Waals surface area contributed by atoms with E-state index < -0.39 is 0 Å². The third-order valence-electron chi connectivity index (χ3n) is 4.75. The molecule has 166 valence electrons. The summed E-state index contributed by atoms with van der Waals surface area (Å²) in [5.74, 6) is 3.82. The van der Waals surface area contributed by atoms with Crippen molar-refractivity contribution in [1.29, 1.82) is 0 Å². The van der Waals surface area contributed by atoms with Crippen molar-refractivity contribution in [3.05, 3.63) is 40.9 Å². The van der Waals surface area contributed by atoms with Crippen molar-refractivity contribution in [2.75, 3.05) is 13.1 Å². The maximum Gasteiger partial charge on any atom is 0.191 e. The van der Waals surface area contributed by atoms with E-state index in [1.54, 1.807) is 0 Å². The Bertz CT molecular complexity index is 841. The lowest BCUT2D eigenvalue weighted by Gasteiger charge is -2.25. The minimum absolute atomic E-state index is 0. The van der Waals surface area contributed by atoms with Crippen LogP contribution in [0.25, 0.3) is 0 Å². The Hall–Kier alpha value is -1.55. The third kappa shape index (κ3) is 6.73. The lowest BCUT2D eigenvalue weighted by atomic mass is 10.1. The molecule has 0 bridgehead atoms. The Balaban J connectivity index is 0.00000320. The molecular formula is C21H32ClIN6O. The molecule has 2 aromatic rings. The predicted octanol–water partition coefficient (Wildman–Crippen LogP) is 4.01. The van der Waals surface area contributed by atoms with Crippen molar-refractivity contribution in [1.82, 2.24) is 25.4 Å². The summed E-state index contributed by atoms with van der Waals surface area (Å²) in [5.41, 5.74) is 0. The SMILES string of the molecule is CCNC(=NCC(C)Oc1ccccc1Cl)NC1CCc2nc(C(C)C)nn2C1.I. The average Bonchev–Trinajstić information content (AvgIpc) is 3.12. The van der Waals surface area contributed by atoms with Crippen LogP contribution in [0.2, 0.25) is 5.02 Å². The smallest absolute Gasteiger partial charge is 0.191 e. The molecule has 1 aliphatic heterocycles. The first-order chi connectivity index (χ1) is 14.0. The molecule has 1 aromatic carbocycles. The molecule has 0 saturated heterocycles. The van der Waals surface area contributed by atoms with Gasteiger partial charge < -0.3 is 15.4 Å². The second-order valence-corrected chi connectivity index (χ2v) is 8.09. The molecule has 2 unspecified atom stereocenters. The summed E-state index contributed by atoms with van der Waals surface area (Å²) in [7, 11) is 0. The zero-order valence-corrected chi connectivity index (χ0v) is 21.1. The number of aromatic nitrogens is 3. The molecule has 0 amide bonds. The molecule has 2 N–H and O–H groups in total. The van der Waals surface area contributed by atoms with Crippen LogP contribution >= 0.6 is 35.6 Å². The second-order valence-electron chi connectivity index (χ2n) is 7.68. The minimum Gasteiger partial charge on any atom is -0.487 e. The van der Waals surface area contributed by atoms with E-state index in [-0.39, 0.29) is 36.1 Å². The Kier molecular flexibility index (Phi) is 9.67. The number of nitrogens with zero attached hydrogens (tertiary/aromatic N) is 4. The fraction of sp³-hybridized carbons (Fsp3) is 0.571. The van der Waals surface area contributed by atoms with E-state index in [9.17, 15) is 0 Å². The lowest BCUT2D eigenvalue weighted by molar-refractivity contribution is 0.230. The van der Waals surface area contributed by atoms with Crippen LogP contribution in [-0.2, 0) is 13.0 Å². The largest absolute Gasteiger partial charge is 0.487 e. The van der Waals surface area contributed by atoms with E-state index in [1.807, 2.05) is 35.9 Å². The van der Waals surface area contributed by atoms with Crippen molar-refractivity contribution < 1.29 is 4.74 Å². The summed E-state index contributed by atoms with van der Waals surface area (Å²) < 4.78 is 7.95. The van der Waals surface area contributed by atoms with Crippen LogP contribution in [-0.4, -0.2) is 46.0 Å². The van der Waals surface area contributed by atoms with E-state index in [2.05, 4.69) is 41.5 Å². The summed E-state index contributed by atoms with van der Waals surface area (Å²) >= 11 is 6.17. The number of aryl methyl sites for hydroxylation is 1. The van der Waals surface area contributed by atoms with Gasteiger partial charge in [0.25, 0.3) is 0 Å². The van der Waals surface area contributed by atoms with Crippen molar-refractivity contribution >= 4 is 41.5 Å². The number of halogens is 2. The van der Waals surface area contributed by atoms with Crippen molar-refractivity contribution in [2.45, 2.75) is 65.1 Å². The first-order valence-electron chi connectivity index (χ1n) is 10.4. The highest BCUT2D eigenvalue weighted by atomic mass is 127. The Morgan fingerprint density at radius 2 is 2.10 bits per heavy atom. The first kappa shape index (κ1) is 24.7. The molecule has 0 saturated carbocycles. The quantitative estimate of drug-likeness (QED) is 0.312. The average molecular weight is 547 g/mol. The number of hydrogen-bond acceptors (Lipinski definition) is 4. The van der Waals surface area contributed by atoms with Crippen LogP contribution in [0.3, 0.4) is 0 Å². The number of ether oxygens (including phenoxy) is 1. The first-order valence-corrected chi connectivity index (χ1v) is 10.7. The van der Waals surface area contributed by atoms with Gasteiger partial charge in [0.15, 0.2) is 11.8 Å². The number of fused-ring (bicyclic) bond motifs is 1. The molecule has 2 atom stereocenters. The van der Waals surface area contributed by atoms with Gasteiger partial charge >= 0.3 is 0 Å². The van der Waals surface area contributed by atoms with Gasteiger partial charge in [-0.15, -0.1) is 24.0 Å². The molecule has 0 spiro atoms. The minimum atomic E-state index is -0.0905.